The Hall–Kier alpha value is -1.45. The van der Waals surface area contributed by atoms with Crippen molar-refractivity contribution in [3.63, 3.8) is 0 Å². The molecule has 0 spiro atoms. The van der Waals surface area contributed by atoms with Crippen molar-refractivity contribution in [3.05, 3.63) is 25.1 Å². The summed E-state index contributed by atoms with van der Waals surface area (Å²) in [4.78, 5) is 15.8. The first kappa shape index (κ1) is 21.6. The van der Waals surface area contributed by atoms with Crippen LogP contribution in [0.2, 0.25) is 0 Å². The Bertz CT molecular complexity index is 395. The van der Waals surface area contributed by atoms with Crippen LogP contribution < -0.4 is 0 Å². The third kappa shape index (κ3) is 9.57. The maximum atomic E-state index is 11.4. The first-order valence-electron chi connectivity index (χ1n) is 10.2. The minimum absolute atomic E-state index is 0.195. The molecule has 1 atom stereocenters. The summed E-state index contributed by atoms with van der Waals surface area (Å²) in [7, 11) is 0. The highest BCUT2D eigenvalue weighted by atomic mass is 16.6. The number of unbranched alkanes of at least 4 members (excludes halogenated alkanes) is 9. The van der Waals surface area contributed by atoms with Crippen LogP contribution in [0.4, 0.5) is 0 Å². The minimum atomic E-state index is -0.353. The smallest absolute Gasteiger partial charge is 0.332 e. The number of rotatable bonds is 15. The van der Waals surface area contributed by atoms with Gasteiger partial charge in [-0.3, -0.25) is 0 Å². The molecule has 1 rings (SSSR count). The highest BCUT2D eigenvalue weighted by molar-refractivity contribution is 5.81. The van der Waals surface area contributed by atoms with E-state index >= 15 is 0 Å². The van der Waals surface area contributed by atoms with Gasteiger partial charge >= 0.3 is 5.97 Å². The lowest BCUT2D eigenvalue weighted by atomic mass is 10.1. The Morgan fingerprint density at radius 1 is 1.04 bits per heavy atom. The molecule has 1 unspecified atom stereocenters. The highest BCUT2D eigenvalue weighted by Gasteiger charge is 2.21. The molecule has 0 aromatic carbocycles. The lowest BCUT2D eigenvalue weighted by molar-refractivity contribution is -0.151. The molecule has 0 bridgehead atoms. The molecule has 0 saturated heterocycles. The zero-order valence-electron chi connectivity index (χ0n) is 16.4. The van der Waals surface area contributed by atoms with Crippen molar-refractivity contribution in [3.8, 4) is 0 Å². The van der Waals surface area contributed by atoms with Gasteiger partial charge in [-0.15, -0.1) is 0 Å². The van der Waals surface area contributed by atoms with E-state index in [2.05, 4.69) is 29.5 Å². The molecule has 4 heteroatoms. The van der Waals surface area contributed by atoms with Gasteiger partial charge in [-0.25, -0.2) is 4.79 Å². The largest absolute Gasteiger partial charge is 0.438 e. The number of esters is 1. The van der Waals surface area contributed by atoms with Crippen molar-refractivity contribution in [1.82, 2.24) is 9.80 Å². The molecule has 4 nitrogen and oxygen atoms in total. The summed E-state index contributed by atoms with van der Waals surface area (Å²) in [6.45, 7) is 9.64. The van der Waals surface area contributed by atoms with Crippen LogP contribution in [0.5, 0.6) is 0 Å². The monoisotopic (exact) mass is 350 g/mol. The van der Waals surface area contributed by atoms with Crippen molar-refractivity contribution in [2.75, 3.05) is 13.2 Å². The summed E-state index contributed by atoms with van der Waals surface area (Å²) in [5, 5.41) is 0. The fraction of sp³-hybridized carbons (Fsp3) is 0.762. The standard InChI is InChI=1S/C21H38N2O2/c1-4-7-8-9-10-11-12-13-14-15-16-22-17-18-23(19-22)20(5-2)25-21(24)6-3/h6,17-18,20H,3-5,7-16,19H2,1-2H3. The van der Waals surface area contributed by atoms with Crippen LogP contribution in [0, 0.1) is 0 Å². The van der Waals surface area contributed by atoms with E-state index in [9.17, 15) is 4.79 Å². The molecule has 1 heterocycles. The number of carbonyl (C=O) groups is 1. The third-order valence-corrected chi connectivity index (χ3v) is 4.75. The maximum Gasteiger partial charge on any atom is 0.332 e. The molecule has 0 aliphatic carbocycles. The van der Waals surface area contributed by atoms with Crippen LogP contribution in [0.1, 0.15) is 84.5 Å². The maximum absolute atomic E-state index is 11.4. The normalized spacial score (nSPS) is 14.8. The van der Waals surface area contributed by atoms with Crippen LogP contribution in [-0.2, 0) is 9.53 Å². The predicted octanol–water partition coefficient (Wildman–Crippen LogP) is 5.42. The summed E-state index contributed by atoms with van der Waals surface area (Å²) in [6, 6.07) is 0. The van der Waals surface area contributed by atoms with Crippen LogP contribution in [-0.4, -0.2) is 35.2 Å². The van der Waals surface area contributed by atoms with Crippen LogP contribution in [0.15, 0.2) is 25.1 Å². The molecular formula is C21H38N2O2. The van der Waals surface area contributed by atoms with Crippen LogP contribution >= 0.6 is 0 Å². The average Bonchev–Trinajstić information content (AvgIpc) is 3.09. The number of hydrogen-bond donors (Lipinski definition) is 0. The van der Waals surface area contributed by atoms with Crippen LogP contribution in [0.25, 0.3) is 0 Å². The topological polar surface area (TPSA) is 32.8 Å². The van der Waals surface area contributed by atoms with E-state index in [1.807, 2.05) is 13.1 Å². The van der Waals surface area contributed by atoms with Gasteiger partial charge in [-0.2, -0.15) is 0 Å². The molecule has 1 aliphatic heterocycles. The molecule has 144 valence electrons. The van der Waals surface area contributed by atoms with Crippen molar-refractivity contribution >= 4 is 5.97 Å². The molecule has 1 aliphatic rings. The minimum Gasteiger partial charge on any atom is -0.438 e. The first-order chi connectivity index (χ1) is 12.2. The number of carbonyl (C=O) groups excluding carboxylic acids is 1. The van der Waals surface area contributed by atoms with Gasteiger partial charge in [-0.1, -0.05) is 78.2 Å². The fourth-order valence-corrected chi connectivity index (χ4v) is 3.19. The van der Waals surface area contributed by atoms with Crippen molar-refractivity contribution in [2.24, 2.45) is 0 Å². The Morgan fingerprint density at radius 3 is 2.20 bits per heavy atom. The summed E-state index contributed by atoms with van der Waals surface area (Å²) >= 11 is 0. The molecular weight excluding hydrogens is 312 g/mol. The van der Waals surface area contributed by atoms with E-state index < -0.39 is 0 Å². The lowest BCUT2D eigenvalue weighted by Gasteiger charge is -2.28. The number of ether oxygens (including phenoxy) is 1. The molecule has 0 aromatic heterocycles. The third-order valence-electron chi connectivity index (χ3n) is 4.75. The van der Waals surface area contributed by atoms with E-state index in [1.165, 1.54) is 70.3 Å². The fourth-order valence-electron chi connectivity index (χ4n) is 3.19. The Labute approximate surface area is 154 Å². The van der Waals surface area contributed by atoms with Gasteiger partial charge in [0.2, 0.25) is 0 Å². The highest BCUT2D eigenvalue weighted by Crippen LogP contribution is 2.16. The van der Waals surface area contributed by atoms with Gasteiger partial charge in [0.25, 0.3) is 0 Å². The summed E-state index contributed by atoms with van der Waals surface area (Å²) in [5.41, 5.74) is 0. The average molecular weight is 351 g/mol. The zero-order valence-corrected chi connectivity index (χ0v) is 16.4. The molecule has 25 heavy (non-hydrogen) atoms. The van der Waals surface area contributed by atoms with Gasteiger partial charge in [0.15, 0.2) is 6.23 Å². The van der Waals surface area contributed by atoms with Crippen molar-refractivity contribution in [2.45, 2.75) is 90.7 Å². The second-order valence-corrected chi connectivity index (χ2v) is 6.95. The Morgan fingerprint density at radius 2 is 1.64 bits per heavy atom. The van der Waals surface area contributed by atoms with Gasteiger partial charge in [0.05, 0.1) is 6.67 Å². The zero-order chi connectivity index (χ0) is 18.3. The number of nitrogens with zero attached hydrogens (tertiary/aromatic N) is 2. The Kier molecular flexibility index (Phi) is 11.9. The van der Waals surface area contributed by atoms with E-state index in [0.717, 1.165) is 19.6 Å². The predicted molar refractivity (Wildman–Crippen MR) is 105 cm³/mol. The van der Waals surface area contributed by atoms with E-state index in [1.54, 1.807) is 0 Å². The molecule has 0 N–H and O–H groups in total. The summed E-state index contributed by atoms with van der Waals surface area (Å²) in [6.07, 6.45) is 19.6. The molecule has 0 saturated carbocycles. The van der Waals surface area contributed by atoms with Gasteiger partial charge in [0, 0.05) is 31.4 Å². The van der Waals surface area contributed by atoms with E-state index in [0.29, 0.717) is 0 Å². The second kappa shape index (κ2) is 13.8. The SMILES string of the molecule is C=CC(=O)OC(CC)N1C=CN(CCCCCCCCCCCC)C1. The van der Waals surface area contributed by atoms with E-state index in [4.69, 9.17) is 4.74 Å². The summed E-state index contributed by atoms with van der Waals surface area (Å²) in [5.74, 6) is -0.353. The second-order valence-electron chi connectivity index (χ2n) is 6.95. The Balaban J connectivity index is 2.03. The first-order valence-corrected chi connectivity index (χ1v) is 10.2. The van der Waals surface area contributed by atoms with Crippen LogP contribution in [0.3, 0.4) is 0 Å². The molecule has 0 fully saturated rings. The summed E-state index contributed by atoms with van der Waals surface area (Å²) < 4.78 is 5.38. The number of hydrogen-bond acceptors (Lipinski definition) is 4. The van der Waals surface area contributed by atoms with Crippen molar-refractivity contribution < 1.29 is 9.53 Å². The molecule has 0 amide bonds. The lowest BCUT2D eigenvalue weighted by Crippen LogP contribution is -2.36. The van der Waals surface area contributed by atoms with E-state index in [-0.39, 0.29) is 12.2 Å². The van der Waals surface area contributed by atoms with Crippen molar-refractivity contribution in [1.29, 1.82) is 0 Å². The van der Waals surface area contributed by atoms with Gasteiger partial charge in [0.1, 0.15) is 0 Å². The molecule has 0 radical (unpaired) electrons. The molecule has 0 aromatic rings. The van der Waals surface area contributed by atoms with Gasteiger partial charge in [-0.05, 0) is 6.42 Å². The van der Waals surface area contributed by atoms with Gasteiger partial charge < -0.3 is 14.5 Å². The quantitative estimate of drug-likeness (QED) is 0.224.